The van der Waals surface area contributed by atoms with E-state index in [1.807, 2.05) is 78.9 Å². The van der Waals surface area contributed by atoms with Gasteiger partial charge in [-0.05, 0) is 158 Å². The topological polar surface area (TPSA) is 118 Å². The second-order valence-electron chi connectivity index (χ2n) is 19.0. The van der Waals surface area contributed by atoms with Crippen LogP contribution in [0.2, 0.25) is 0 Å². The van der Waals surface area contributed by atoms with E-state index in [2.05, 4.69) is 109 Å². The van der Waals surface area contributed by atoms with Gasteiger partial charge in [0.05, 0.1) is 26.4 Å². The van der Waals surface area contributed by atoms with Crippen LogP contribution in [0.15, 0.2) is 237 Å². The Balaban J connectivity index is 1.04. The highest BCUT2D eigenvalue weighted by molar-refractivity contribution is 5.72. The van der Waals surface area contributed by atoms with Crippen molar-refractivity contribution < 1.29 is 39.4 Å². The first-order chi connectivity index (χ1) is 37.8. The van der Waals surface area contributed by atoms with Crippen LogP contribution in [0.4, 0.5) is 0 Å². The number of rotatable bonds is 22. The monoisotopic (exact) mass is 1020 g/mol. The van der Waals surface area contributed by atoms with Gasteiger partial charge in [-0.1, -0.05) is 140 Å². The van der Waals surface area contributed by atoms with E-state index in [-0.39, 0.29) is 23.0 Å². The van der Waals surface area contributed by atoms with Gasteiger partial charge < -0.3 is 39.4 Å². The summed E-state index contributed by atoms with van der Waals surface area (Å²) < 4.78 is 26.2. The highest BCUT2D eigenvalue weighted by atomic mass is 16.5. The molecule has 0 atom stereocenters. The van der Waals surface area contributed by atoms with Gasteiger partial charge in [0.1, 0.15) is 46.0 Å². The lowest BCUT2D eigenvalue weighted by atomic mass is 9.81. The standard InChI is InChI=1S/C69H60O8/c70-59-24-6-48(7-25-59)38-42-74-63-32-18-54(19-33-63)57-22-36-67(76-44-40-50-10-28-61(72)29-11-50)65(46-57)69(56-16-14-53(15-17-56)52-4-2-1-3-5-52)66-47-58(23-37-68(66)77-45-41-51-12-30-62(73)31-13-51)55-20-34-64(35-21-55)75-43-39-49-8-26-60(71)27-9-49/h1-37,46-47,69-73H,38-45H2. The van der Waals surface area contributed by atoms with Crippen LogP contribution in [0.3, 0.4) is 0 Å². The Kier molecular flexibility index (Phi) is 16.4. The van der Waals surface area contributed by atoms with E-state index < -0.39 is 5.92 Å². The van der Waals surface area contributed by atoms with Gasteiger partial charge >= 0.3 is 0 Å². The number of hydrogen-bond acceptors (Lipinski definition) is 8. The summed E-state index contributed by atoms with van der Waals surface area (Å²) in [5.41, 5.74) is 13.4. The van der Waals surface area contributed by atoms with Crippen molar-refractivity contribution in [1.82, 2.24) is 0 Å². The molecule has 8 heteroatoms. The summed E-state index contributed by atoms with van der Waals surface area (Å²) in [6.45, 7) is 1.78. The van der Waals surface area contributed by atoms with Crippen molar-refractivity contribution in [3.05, 3.63) is 276 Å². The quantitative estimate of drug-likeness (QED) is 0.0496. The zero-order chi connectivity index (χ0) is 52.8. The minimum absolute atomic E-state index is 0.219. The number of aromatic hydroxyl groups is 4. The zero-order valence-corrected chi connectivity index (χ0v) is 42.7. The Labute approximate surface area is 450 Å². The smallest absolute Gasteiger partial charge is 0.123 e. The average Bonchev–Trinajstić information content (AvgIpc) is 3.47. The summed E-state index contributed by atoms with van der Waals surface area (Å²) in [5.74, 6) is 3.51. The summed E-state index contributed by atoms with van der Waals surface area (Å²) in [6.07, 6.45) is 2.67. The molecular weight excluding hydrogens is 957 g/mol. The fraction of sp³-hybridized carbons (Fsp3) is 0.130. The Hall–Kier alpha value is -9.40. The summed E-state index contributed by atoms with van der Waals surface area (Å²) in [5, 5.41) is 39.5. The first-order valence-corrected chi connectivity index (χ1v) is 26.0. The molecule has 77 heavy (non-hydrogen) atoms. The molecule has 0 amide bonds. The predicted molar refractivity (Wildman–Crippen MR) is 306 cm³/mol. The Morgan fingerprint density at radius 1 is 0.273 bits per heavy atom. The van der Waals surface area contributed by atoms with Crippen molar-refractivity contribution in [2.75, 3.05) is 26.4 Å². The van der Waals surface area contributed by atoms with Crippen LogP contribution in [-0.4, -0.2) is 46.9 Å². The first kappa shape index (κ1) is 51.1. The molecule has 4 N–H and O–H groups in total. The van der Waals surface area contributed by atoms with E-state index >= 15 is 0 Å². The van der Waals surface area contributed by atoms with E-state index in [0.717, 1.165) is 95.3 Å². The largest absolute Gasteiger partial charge is 0.508 e. The van der Waals surface area contributed by atoms with Crippen molar-refractivity contribution in [1.29, 1.82) is 0 Å². The molecule has 10 rings (SSSR count). The third kappa shape index (κ3) is 13.7. The van der Waals surface area contributed by atoms with Crippen molar-refractivity contribution in [2.24, 2.45) is 0 Å². The highest BCUT2D eigenvalue weighted by Gasteiger charge is 2.26. The number of ether oxygens (including phenoxy) is 4. The fourth-order valence-electron chi connectivity index (χ4n) is 9.46. The van der Waals surface area contributed by atoms with Crippen molar-refractivity contribution in [3.63, 3.8) is 0 Å². The van der Waals surface area contributed by atoms with E-state index in [0.29, 0.717) is 52.1 Å². The van der Waals surface area contributed by atoms with Gasteiger partial charge in [-0.25, -0.2) is 0 Å². The number of hydrogen-bond donors (Lipinski definition) is 4. The number of phenolic OH excluding ortho intramolecular Hbond substituents is 4. The Morgan fingerprint density at radius 3 is 0.935 bits per heavy atom. The molecule has 0 aliphatic carbocycles. The van der Waals surface area contributed by atoms with Crippen LogP contribution < -0.4 is 18.9 Å². The molecule has 0 spiro atoms. The highest BCUT2D eigenvalue weighted by Crippen LogP contribution is 2.45. The lowest BCUT2D eigenvalue weighted by Gasteiger charge is -2.26. The van der Waals surface area contributed by atoms with Gasteiger partial charge in [0.2, 0.25) is 0 Å². The molecule has 0 aromatic heterocycles. The lowest BCUT2D eigenvalue weighted by Crippen LogP contribution is -2.12. The van der Waals surface area contributed by atoms with Crippen molar-refractivity contribution >= 4 is 0 Å². The van der Waals surface area contributed by atoms with Gasteiger partial charge in [0, 0.05) is 42.7 Å². The van der Waals surface area contributed by atoms with E-state index in [1.165, 1.54) is 0 Å². The van der Waals surface area contributed by atoms with Gasteiger partial charge in [0.25, 0.3) is 0 Å². The number of phenols is 4. The molecule has 0 bridgehead atoms. The number of benzene rings is 10. The van der Waals surface area contributed by atoms with Crippen LogP contribution in [0.1, 0.15) is 44.9 Å². The predicted octanol–water partition coefficient (Wildman–Crippen LogP) is 15.2. The fourth-order valence-corrected chi connectivity index (χ4v) is 9.46. The van der Waals surface area contributed by atoms with Crippen LogP contribution in [0.25, 0.3) is 33.4 Å². The minimum atomic E-state index is -0.392. The van der Waals surface area contributed by atoms with Crippen LogP contribution >= 0.6 is 0 Å². The molecule has 0 saturated carbocycles. The molecule has 0 saturated heterocycles. The second-order valence-corrected chi connectivity index (χ2v) is 19.0. The van der Waals surface area contributed by atoms with E-state index in [4.69, 9.17) is 18.9 Å². The molecule has 384 valence electrons. The van der Waals surface area contributed by atoms with Crippen LogP contribution in [0.5, 0.6) is 46.0 Å². The molecule has 8 nitrogen and oxygen atoms in total. The summed E-state index contributed by atoms with van der Waals surface area (Å²) >= 11 is 0. The maximum Gasteiger partial charge on any atom is 0.123 e. The molecular formula is C69H60O8. The van der Waals surface area contributed by atoms with E-state index in [9.17, 15) is 20.4 Å². The summed E-state index contributed by atoms with van der Waals surface area (Å²) in [7, 11) is 0. The van der Waals surface area contributed by atoms with Crippen molar-refractivity contribution in [2.45, 2.75) is 31.6 Å². The Morgan fingerprint density at radius 2 is 0.571 bits per heavy atom. The first-order valence-electron chi connectivity index (χ1n) is 26.0. The Bertz CT molecular complexity index is 3260. The molecule has 0 heterocycles. The average molecular weight is 1020 g/mol. The molecule has 0 aliphatic heterocycles. The third-order valence-corrected chi connectivity index (χ3v) is 13.7. The van der Waals surface area contributed by atoms with Crippen LogP contribution in [-0.2, 0) is 25.7 Å². The molecule has 0 fully saturated rings. The molecule has 0 aliphatic rings. The molecule has 10 aromatic carbocycles. The maximum atomic E-state index is 10.0. The van der Waals surface area contributed by atoms with Crippen LogP contribution in [0, 0.1) is 0 Å². The summed E-state index contributed by atoms with van der Waals surface area (Å²) in [6, 6.07) is 77.3. The van der Waals surface area contributed by atoms with Gasteiger partial charge in [0.15, 0.2) is 0 Å². The lowest BCUT2D eigenvalue weighted by molar-refractivity contribution is 0.314. The van der Waals surface area contributed by atoms with E-state index in [1.54, 1.807) is 48.5 Å². The molecule has 10 aromatic rings. The maximum absolute atomic E-state index is 10.0. The van der Waals surface area contributed by atoms with Gasteiger partial charge in [-0.2, -0.15) is 0 Å². The molecule has 0 unspecified atom stereocenters. The van der Waals surface area contributed by atoms with Gasteiger partial charge in [-0.15, -0.1) is 0 Å². The zero-order valence-electron chi connectivity index (χ0n) is 42.7. The third-order valence-electron chi connectivity index (χ3n) is 13.7. The summed E-state index contributed by atoms with van der Waals surface area (Å²) in [4.78, 5) is 0. The van der Waals surface area contributed by atoms with Crippen molar-refractivity contribution in [3.8, 4) is 79.4 Å². The SMILES string of the molecule is Oc1ccc(CCOc2ccc(-c3ccc(OCCc4ccc(O)cc4)c(C(c4ccc(-c5ccccc5)cc4)c4cc(-c5ccc(OCCc6ccc(O)cc6)cc5)ccc4OCCc4ccc(O)cc4)c3)cc2)cc1. The van der Waals surface area contributed by atoms with Gasteiger partial charge in [-0.3, -0.25) is 0 Å². The molecule has 0 radical (unpaired) electrons. The normalized spacial score (nSPS) is 11.1. The second kappa shape index (κ2) is 24.8. The minimum Gasteiger partial charge on any atom is -0.508 e.